The maximum atomic E-state index is 5.94. The first-order chi connectivity index (χ1) is 8.79. The summed E-state index contributed by atoms with van der Waals surface area (Å²) in [7, 11) is -1.04. The van der Waals surface area contributed by atoms with Gasteiger partial charge in [0.05, 0.1) is 39.0 Å². The van der Waals surface area contributed by atoms with Gasteiger partial charge in [0.15, 0.2) is 0 Å². The standard InChI is InChI=1S/C15H32O2P/c1-4-7-12-18(13-8-5-2,14-9-6-3)15-16-10-11-17-15/h15H,4-14H2,1-3H3/q+1. The van der Waals surface area contributed by atoms with E-state index in [2.05, 4.69) is 20.8 Å². The highest BCUT2D eigenvalue weighted by Crippen LogP contribution is 2.66. The second-order valence-corrected chi connectivity index (χ2v) is 9.70. The first-order valence-electron chi connectivity index (χ1n) is 7.88. The molecule has 1 fully saturated rings. The van der Waals surface area contributed by atoms with Crippen molar-refractivity contribution >= 4 is 7.26 Å². The summed E-state index contributed by atoms with van der Waals surface area (Å²) >= 11 is 0. The van der Waals surface area contributed by atoms with E-state index >= 15 is 0 Å². The second-order valence-electron chi connectivity index (χ2n) is 5.50. The van der Waals surface area contributed by atoms with Crippen molar-refractivity contribution in [1.29, 1.82) is 0 Å². The molecule has 0 amide bonds. The van der Waals surface area contributed by atoms with E-state index in [0.29, 0.717) is 0 Å². The van der Waals surface area contributed by atoms with Crippen LogP contribution in [0.4, 0.5) is 0 Å². The van der Waals surface area contributed by atoms with Gasteiger partial charge in [0, 0.05) is 0 Å². The Morgan fingerprint density at radius 1 is 0.778 bits per heavy atom. The molecule has 0 N–H and O–H groups in total. The summed E-state index contributed by atoms with van der Waals surface area (Å²) in [6.45, 7) is 8.52. The molecule has 2 nitrogen and oxygen atoms in total. The zero-order valence-corrected chi connectivity index (χ0v) is 13.5. The fraction of sp³-hybridized carbons (Fsp3) is 1.00. The topological polar surface area (TPSA) is 18.5 Å². The normalized spacial score (nSPS) is 17.5. The van der Waals surface area contributed by atoms with Crippen molar-refractivity contribution in [2.24, 2.45) is 0 Å². The number of ether oxygens (including phenoxy) is 2. The molecule has 0 aromatic carbocycles. The van der Waals surface area contributed by atoms with Gasteiger partial charge in [0.25, 0.3) is 6.03 Å². The Morgan fingerprint density at radius 2 is 1.17 bits per heavy atom. The second kappa shape index (κ2) is 9.28. The van der Waals surface area contributed by atoms with Gasteiger partial charge in [-0.3, -0.25) is 0 Å². The van der Waals surface area contributed by atoms with E-state index in [1.54, 1.807) is 0 Å². The van der Waals surface area contributed by atoms with E-state index in [4.69, 9.17) is 9.47 Å². The molecule has 0 saturated carbocycles. The fourth-order valence-electron chi connectivity index (χ4n) is 2.73. The lowest BCUT2D eigenvalue weighted by molar-refractivity contribution is 0.0257. The average molecular weight is 275 g/mol. The highest BCUT2D eigenvalue weighted by Gasteiger charge is 2.47. The molecule has 0 bridgehead atoms. The molecule has 0 unspecified atom stereocenters. The van der Waals surface area contributed by atoms with Crippen LogP contribution in [-0.2, 0) is 9.47 Å². The van der Waals surface area contributed by atoms with Crippen LogP contribution in [-0.4, -0.2) is 37.7 Å². The highest BCUT2D eigenvalue weighted by molar-refractivity contribution is 7.76. The minimum Gasteiger partial charge on any atom is -0.319 e. The van der Waals surface area contributed by atoms with Crippen LogP contribution in [0.25, 0.3) is 0 Å². The van der Waals surface area contributed by atoms with E-state index in [1.807, 2.05) is 0 Å². The molecule has 1 aliphatic heterocycles. The van der Waals surface area contributed by atoms with Crippen LogP contribution in [0.15, 0.2) is 0 Å². The maximum Gasteiger partial charge on any atom is 0.273 e. The number of rotatable bonds is 10. The van der Waals surface area contributed by atoms with Crippen molar-refractivity contribution in [2.45, 2.75) is 65.3 Å². The summed E-state index contributed by atoms with van der Waals surface area (Å²) in [6, 6.07) is 0.183. The number of hydrogen-bond donors (Lipinski definition) is 0. The average Bonchev–Trinajstić information content (AvgIpc) is 2.93. The van der Waals surface area contributed by atoms with Crippen LogP contribution in [0, 0.1) is 0 Å². The van der Waals surface area contributed by atoms with Crippen LogP contribution in [0.1, 0.15) is 59.3 Å². The van der Waals surface area contributed by atoms with Gasteiger partial charge >= 0.3 is 0 Å². The Balaban J connectivity index is 2.68. The summed E-state index contributed by atoms with van der Waals surface area (Å²) in [5.74, 6) is 0. The Bertz CT molecular complexity index is 181. The third-order valence-corrected chi connectivity index (χ3v) is 8.74. The molecular formula is C15H32O2P+. The van der Waals surface area contributed by atoms with Crippen molar-refractivity contribution in [2.75, 3.05) is 31.7 Å². The summed E-state index contributed by atoms with van der Waals surface area (Å²) in [5, 5.41) is 0. The number of unbranched alkanes of at least 4 members (excludes halogenated alkanes) is 3. The molecule has 3 heteroatoms. The lowest BCUT2D eigenvalue weighted by atomic mass is 10.4. The van der Waals surface area contributed by atoms with Crippen LogP contribution in [0.5, 0.6) is 0 Å². The van der Waals surface area contributed by atoms with Gasteiger partial charge in [-0.2, -0.15) is 0 Å². The van der Waals surface area contributed by atoms with Crippen LogP contribution in [0.3, 0.4) is 0 Å². The fourth-order valence-corrected chi connectivity index (χ4v) is 7.72. The Morgan fingerprint density at radius 3 is 1.50 bits per heavy atom. The zero-order valence-electron chi connectivity index (χ0n) is 12.6. The van der Waals surface area contributed by atoms with Gasteiger partial charge in [-0.25, -0.2) is 0 Å². The van der Waals surface area contributed by atoms with Crippen LogP contribution < -0.4 is 0 Å². The zero-order chi connectivity index (χ0) is 13.3. The molecular weight excluding hydrogens is 243 g/mol. The molecule has 0 radical (unpaired) electrons. The van der Waals surface area contributed by atoms with Gasteiger partial charge in [0.1, 0.15) is 0 Å². The van der Waals surface area contributed by atoms with Gasteiger partial charge in [-0.15, -0.1) is 0 Å². The molecule has 0 aromatic rings. The summed E-state index contributed by atoms with van der Waals surface area (Å²) in [4.78, 5) is 0. The molecule has 1 aliphatic rings. The summed E-state index contributed by atoms with van der Waals surface area (Å²) < 4.78 is 11.9. The molecule has 1 heterocycles. The lowest BCUT2D eigenvalue weighted by Gasteiger charge is -2.31. The van der Waals surface area contributed by atoms with Crippen LogP contribution >= 0.6 is 7.26 Å². The Kier molecular flexibility index (Phi) is 8.46. The number of hydrogen-bond acceptors (Lipinski definition) is 2. The molecule has 1 saturated heterocycles. The molecule has 0 spiro atoms. The van der Waals surface area contributed by atoms with E-state index in [-0.39, 0.29) is 6.03 Å². The minimum absolute atomic E-state index is 0.183. The highest BCUT2D eigenvalue weighted by atomic mass is 31.2. The third kappa shape index (κ3) is 4.79. The van der Waals surface area contributed by atoms with E-state index in [9.17, 15) is 0 Å². The molecule has 108 valence electrons. The smallest absolute Gasteiger partial charge is 0.273 e. The van der Waals surface area contributed by atoms with Gasteiger partial charge in [-0.05, 0) is 19.3 Å². The largest absolute Gasteiger partial charge is 0.319 e. The quantitative estimate of drug-likeness (QED) is 0.536. The predicted molar refractivity (Wildman–Crippen MR) is 81.9 cm³/mol. The van der Waals surface area contributed by atoms with Gasteiger partial charge in [0.2, 0.25) is 0 Å². The lowest BCUT2D eigenvalue weighted by Crippen LogP contribution is -2.23. The maximum absolute atomic E-state index is 5.94. The van der Waals surface area contributed by atoms with Crippen molar-refractivity contribution < 1.29 is 9.47 Å². The Labute approximate surface area is 114 Å². The Hall–Kier alpha value is 0.350. The summed E-state index contributed by atoms with van der Waals surface area (Å²) in [6.07, 6.45) is 12.1. The monoisotopic (exact) mass is 275 g/mol. The minimum atomic E-state index is -1.04. The van der Waals surface area contributed by atoms with E-state index in [1.165, 1.54) is 57.0 Å². The van der Waals surface area contributed by atoms with E-state index in [0.717, 1.165) is 13.2 Å². The van der Waals surface area contributed by atoms with E-state index < -0.39 is 7.26 Å². The summed E-state index contributed by atoms with van der Waals surface area (Å²) in [5.41, 5.74) is 0. The molecule has 1 rings (SSSR count). The molecule has 0 aliphatic carbocycles. The third-order valence-electron chi connectivity index (χ3n) is 3.92. The van der Waals surface area contributed by atoms with Crippen LogP contribution in [0.2, 0.25) is 0 Å². The van der Waals surface area contributed by atoms with Crippen molar-refractivity contribution in [3.63, 3.8) is 0 Å². The predicted octanol–water partition coefficient (Wildman–Crippen LogP) is 4.73. The molecule has 0 aromatic heterocycles. The SMILES string of the molecule is CCCC[P+](CCCC)(CCCC)C1OCCO1. The molecule has 0 atom stereocenters. The van der Waals surface area contributed by atoms with Crippen molar-refractivity contribution in [1.82, 2.24) is 0 Å². The first-order valence-corrected chi connectivity index (χ1v) is 10.3. The van der Waals surface area contributed by atoms with Crippen molar-refractivity contribution in [3.05, 3.63) is 0 Å². The molecule has 18 heavy (non-hydrogen) atoms. The first kappa shape index (κ1) is 16.4. The van der Waals surface area contributed by atoms with Gasteiger partial charge in [-0.1, -0.05) is 40.0 Å². The van der Waals surface area contributed by atoms with Gasteiger partial charge < -0.3 is 9.47 Å². The van der Waals surface area contributed by atoms with Crippen molar-refractivity contribution in [3.8, 4) is 0 Å².